The number of aliphatic hydroxyl groups is 1. The van der Waals surface area contributed by atoms with Gasteiger partial charge in [-0.05, 0) is 60.7 Å². The van der Waals surface area contributed by atoms with E-state index in [9.17, 15) is 5.11 Å². The Morgan fingerprint density at radius 3 is 2.47 bits per heavy atom. The van der Waals surface area contributed by atoms with Crippen molar-refractivity contribution in [2.75, 3.05) is 6.61 Å². The number of hydrogen-bond donors (Lipinski definition) is 1. The summed E-state index contributed by atoms with van der Waals surface area (Å²) >= 11 is 6.56. The average molecular weight is 481 g/mol. The highest BCUT2D eigenvalue weighted by molar-refractivity contribution is 6.31. The van der Waals surface area contributed by atoms with Gasteiger partial charge in [0.05, 0.1) is 37.6 Å². The van der Waals surface area contributed by atoms with E-state index in [2.05, 4.69) is 30.3 Å². The zero-order valence-corrected chi connectivity index (χ0v) is 20.6. The largest absolute Gasteiger partial charge is 0.494 e. The Hall–Kier alpha value is -2.37. The van der Waals surface area contributed by atoms with Crippen LogP contribution in [0.15, 0.2) is 72.8 Å². The molecule has 5 heteroatoms. The van der Waals surface area contributed by atoms with Gasteiger partial charge in [0.1, 0.15) is 5.75 Å². The minimum atomic E-state index is -0.568. The van der Waals surface area contributed by atoms with Crippen LogP contribution in [0, 0.1) is 0 Å². The van der Waals surface area contributed by atoms with Crippen LogP contribution >= 0.6 is 11.6 Å². The summed E-state index contributed by atoms with van der Waals surface area (Å²) in [6.07, 6.45) is 1.13. The molecule has 34 heavy (non-hydrogen) atoms. The molecule has 180 valence electrons. The minimum absolute atomic E-state index is 0.00351. The first-order valence-corrected chi connectivity index (χ1v) is 12.4. The molecule has 0 spiro atoms. The van der Waals surface area contributed by atoms with Crippen molar-refractivity contribution in [3.05, 3.63) is 100 Å². The van der Waals surface area contributed by atoms with Gasteiger partial charge in [0.15, 0.2) is 0 Å². The summed E-state index contributed by atoms with van der Waals surface area (Å²) < 4.78 is 18.1. The molecule has 4 nitrogen and oxygen atoms in total. The highest BCUT2D eigenvalue weighted by Gasteiger charge is 2.33. The van der Waals surface area contributed by atoms with Crippen molar-refractivity contribution in [1.29, 1.82) is 0 Å². The fourth-order valence-corrected chi connectivity index (χ4v) is 4.57. The summed E-state index contributed by atoms with van der Waals surface area (Å²) in [5.74, 6) is 0.868. The first kappa shape index (κ1) is 24.7. The van der Waals surface area contributed by atoms with E-state index in [1.54, 1.807) is 6.92 Å². The maximum absolute atomic E-state index is 10.3. The molecule has 3 aromatic carbocycles. The molecule has 4 atom stereocenters. The monoisotopic (exact) mass is 480 g/mol. The van der Waals surface area contributed by atoms with Crippen LogP contribution in [0.5, 0.6) is 5.75 Å². The smallest absolute Gasteiger partial charge is 0.119 e. The van der Waals surface area contributed by atoms with E-state index in [1.807, 2.05) is 49.4 Å². The molecule has 1 saturated heterocycles. The SMILES string of the molecule is CCOc1ccc(Cc2cc(C3CC(OCc4ccccc4)CC(C(C)O)O3)ccc2Cl)cc1. The van der Waals surface area contributed by atoms with Crippen molar-refractivity contribution in [3.8, 4) is 5.75 Å². The van der Waals surface area contributed by atoms with Crippen LogP contribution in [0.4, 0.5) is 0 Å². The third-order valence-corrected chi connectivity index (χ3v) is 6.62. The number of aliphatic hydroxyl groups excluding tert-OH is 1. The zero-order chi connectivity index (χ0) is 23.9. The molecular formula is C29H33ClO4. The maximum Gasteiger partial charge on any atom is 0.119 e. The van der Waals surface area contributed by atoms with Crippen LogP contribution in [0.3, 0.4) is 0 Å². The Labute approximate surface area is 207 Å². The minimum Gasteiger partial charge on any atom is -0.494 e. The lowest BCUT2D eigenvalue weighted by Crippen LogP contribution is -2.38. The van der Waals surface area contributed by atoms with Crippen molar-refractivity contribution in [2.45, 2.75) is 64.1 Å². The molecule has 0 aromatic heterocycles. The molecule has 3 aromatic rings. The fourth-order valence-electron chi connectivity index (χ4n) is 4.39. The summed E-state index contributed by atoms with van der Waals surface area (Å²) in [5.41, 5.74) is 4.41. The lowest BCUT2D eigenvalue weighted by Gasteiger charge is -2.37. The second-order valence-corrected chi connectivity index (χ2v) is 9.31. The molecule has 1 aliphatic heterocycles. The van der Waals surface area contributed by atoms with E-state index < -0.39 is 6.10 Å². The van der Waals surface area contributed by atoms with Gasteiger partial charge in [-0.1, -0.05) is 66.2 Å². The van der Waals surface area contributed by atoms with Crippen molar-refractivity contribution in [3.63, 3.8) is 0 Å². The van der Waals surface area contributed by atoms with Crippen molar-refractivity contribution in [2.24, 2.45) is 0 Å². The first-order valence-electron chi connectivity index (χ1n) is 12.0. The van der Waals surface area contributed by atoms with Gasteiger partial charge in [0.2, 0.25) is 0 Å². The van der Waals surface area contributed by atoms with Gasteiger partial charge in [-0.15, -0.1) is 0 Å². The Kier molecular flexibility index (Phi) is 8.63. The van der Waals surface area contributed by atoms with E-state index >= 15 is 0 Å². The topological polar surface area (TPSA) is 47.9 Å². The van der Waals surface area contributed by atoms with Crippen LogP contribution in [0.1, 0.15) is 55.0 Å². The number of rotatable bonds is 9. The van der Waals surface area contributed by atoms with Crippen molar-refractivity contribution in [1.82, 2.24) is 0 Å². The molecule has 1 aliphatic rings. The van der Waals surface area contributed by atoms with Gasteiger partial charge < -0.3 is 19.3 Å². The van der Waals surface area contributed by atoms with E-state index in [4.69, 9.17) is 25.8 Å². The standard InChI is InChI=1S/C29H33ClO4/c1-3-32-25-12-9-21(10-13-25)15-24-16-23(11-14-27(24)30)29-18-26(17-28(34-29)20(2)31)33-19-22-7-5-4-6-8-22/h4-14,16,20,26,28-29,31H,3,15,17-19H2,1-2H3. The van der Waals surface area contributed by atoms with Gasteiger partial charge in [-0.25, -0.2) is 0 Å². The maximum atomic E-state index is 10.3. The van der Waals surface area contributed by atoms with E-state index in [0.717, 1.165) is 45.9 Å². The molecule has 0 radical (unpaired) electrons. The fraction of sp³-hybridized carbons (Fsp3) is 0.379. The van der Waals surface area contributed by atoms with Crippen molar-refractivity contribution >= 4 is 11.6 Å². The summed E-state index contributed by atoms with van der Waals surface area (Å²) in [7, 11) is 0. The van der Waals surface area contributed by atoms with Gasteiger partial charge in [-0.2, -0.15) is 0 Å². The summed E-state index contributed by atoms with van der Waals surface area (Å²) in [4.78, 5) is 0. The Bertz CT molecular complexity index is 1040. The summed E-state index contributed by atoms with van der Waals surface area (Å²) in [5, 5.41) is 11.0. The Morgan fingerprint density at radius 2 is 1.76 bits per heavy atom. The molecule has 0 saturated carbocycles. The van der Waals surface area contributed by atoms with Crippen LogP contribution in [0.2, 0.25) is 5.02 Å². The molecule has 1 N–H and O–H groups in total. The van der Waals surface area contributed by atoms with Crippen molar-refractivity contribution < 1.29 is 19.3 Å². The highest BCUT2D eigenvalue weighted by Crippen LogP contribution is 2.36. The predicted octanol–water partition coefficient (Wildman–Crippen LogP) is 6.52. The van der Waals surface area contributed by atoms with Gasteiger partial charge in [0.25, 0.3) is 0 Å². The average Bonchev–Trinajstić information content (AvgIpc) is 2.86. The van der Waals surface area contributed by atoms with E-state index in [0.29, 0.717) is 19.6 Å². The van der Waals surface area contributed by atoms with Crippen LogP contribution in [-0.2, 0) is 22.5 Å². The van der Waals surface area contributed by atoms with Gasteiger partial charge in [0, 0.05) is 17.9 Å². The third-order valence-electron chi connectivity index (χ3n) is 6.25. The number of benzene rings is 3. The van der Waals surface area contributed by atoms with Gasteiger partial charge >= 0.3 is 0 Å². The zero-order valence-electron chi connectivity index (χ0n) is 19.8. The Morgan fingerprint density at radius 1 is 1.00 bits per heavy atom. The number of halogens is 1. The highest BCUT2D eigenvalue weighted by atomic mass is 35.5. The second-order valence-electron chi connectivity index (χ2n) is 8.90. The summed E-state index contributed by atoms with van der Waals surface area (Å²) in [6, 6.07) is 24.4. The second kappa shape index (κ2) is 11.9. The molecule has 0 amide bonds. The molecule has 0 aliphatic carbocycles. The van der Waals surface area contributed by atoms with Crippen LogP contribution in [0.25, 0.3) is 0 Å². The van der Waals surface area contributed by atoms with Gasteiger partial charge in [-0.3, -0.25) is 0 Å². The number of hydrogen-bond acceptors (Lipinski definition) is 4. The van der Waals surface area contributed by atoms with Crippen LogP contribution < -0.4 is 4.74 Å². The first-order chi connectivity index (χ1) is 16.5. The molecule has 4 rings (SSSR count). The quantitative estimate of drug-likeness (QED) is 0.379. The predicted molar refractivity (Wildman–Crippen MR) is 135 cm³/mol. The van der Waals surface area contributed by atoms with E-state index in [1.165, 1.54) is 0 Å². The molecular weight excluding hydrogens is 448 g/mol. The number of ether oxygens (including phenoxy) is 3. The molecule has 1 fully saturated rings. The molecule has 1 heterocycles. The molecule has 4 unspecified atom stereocenters. The lowest BCUT2D eigenvalue weighted by molar-refractivity contribution is -0.151. The summed E-state index contributed by atoms with van der Waals surface area (Å²) in [6.45, 7) is 4.96. The third kappa shape index (κ3) is 6.61. The normalized spacial score (nSPS) is 21.2. The van der Waals surface area contributed by atoms with E-state index in [-0.39, 0.29) is 18.3 Å². The Balaban J connectivity index is 1.48. The molecule has 0 bridgehead atoms. The van der Waals surface area contributed by atoms with Crippen LogP contribution in [-0.4, -0.2) is 30.0 Å². The lowest BCUT2D eigenvalue weighted by atomic mass is 9.92.